The number of halogens is 1. The Balaban J connectivity index is 2.06. The molecule has 25 heavy (non-hydrogen) atoms. The van der Waals surface area contributed by atoms with Crippen LogP contribution in [0.4, 0.5) is 4.39 Å². The summed E-state index contributed by atoms with van der Waals surface area (Å²) in [6.07, 6.45) is 0. The quantitative estimate of drug-likeness (QED) is 0.794. The summed E-state index contributed by atoms with van der Waals surface area (Å²) >= 11 is 0. The second-order valence-electron chi connectivity index (χ2n) is 6.10. The molecule has 0 spiro atoms. The highest BCUT2D eigenvalue weighted by Crippen LogP contribution is 2.63. The average Bonchev–Trinajstić information content (AvgIpc) is 3.31. The number of sulfone groups is 1. The maximum absolute atomic E-state index is 13.2. The van der Waals surface area contributed by atoms with Crippen molar-refractivity contribution in [2.24, 2.45) is 5.41 Å². The zero-order valence-electron chi connectivity index (χ0n) is 13.7. The molecule has 2 aromatic rings. The molecule has 0 heterocycles. The highest BCUT2D eigenvalue weighted by Gasteiger charge is 2.72. The van der Waals surface area contributed by atoms with E-state index in [1.807, 2.05) is 0 Å². The van der Waals surface area contributed by atoms with Gasteiger partial charge in [-0.1, -0.05) is 30.3 Å². The minimum absolute atomic E-state index is 0.0266. The monoisotopic (exact) mass is 359 g/mol. The van der Waals surface area contributed by atoms with Gasteiger partial charge in [0.05, 0.1) is 22.8 Å². The fraction of sp³-hybridized carbons (Fsp3) is 0.316. The van der Waals surface area contributed by atoms with Crippen LogP contribution in [0.5, 0.6) is 0 Å². The summed E-state index contributed by atoms with van der Waals surface area (Å²) < 4.78 is 44.9. The Morgan fingerprint density at radius 1 is 1.16 bits per heavy atom. The van der Waals surface area contributed by atoms with Crippen molar-refractivity contribution >= 4 is 9.84 Å². The molecule has 0 unspecified atom stereocenters. The minimum Gasteiger partial charge on any atom is -0.380 e. The molecule has 0 aliphatic heterocycles. The van der Waals surface area contributed by atoms with E-state index in [4.69, 9.17) is 4.74 Å². The van der Waals surface area contributed by atoms with Gasteiger partial charge in [0.15, 0.2) is 9.84 Å². The molecule has 0 aromatic heterocycles. The molecule has 3 atom stereocenters. The van der Waals surface area contributed by atoms with Crippen molar-refractivity contribution in [3.05, 3.63) is 66.0 Å². The molecule has 0 N–H and O–H groups in total. The van der Waals surface area contributed by atoms with E-state index in [1.165, 1.54) is 24.3 Å². The predicted octanol–water partition coefficient (Wildman–Crippen LogP) is 3.31. The van der Waals surface area contributed by atoms with Gasteiger partial charge in [0.25, 0.3) is 0 Å². The van der Waals surface area contributed by atoms with Crippen LogP contribution >= 0.6 is 0 Å². The van der Waals surface area contributed by atoms with Crippen molar-refractivity contribution in [2.75, 3.05) is 13.2 Å². The van der Waals surface area contributed by atoms with E-state index in [0.29, 0.717) is 12.2 Å². The molecule has 6 heteroatoms. The summed E-state index contributed by atoms with van der Waals surface area (Å²) in [6, 6.07) is 15.9. The lowest BCUT2D eigenvalue weighted by molar-refractivity contribution is 0.117. The van der Waals surface area contributed by atoms with Gasteiger partial charge in [0.2, 0.25) is 0 Å². The lowest BCUT2D eigenvalue weighted by Crippen LogP contribution is -2.19. The summed E-state index contributed by atoms with van der Waals surface area (Å²) in [5, 5.41) is 8.87. The third kappa shape index (κ3) is 2.94. The van der Waals surface area contributed by atoms with Crippen LogP contribution in [0, 0.1) is 22.6 Å². The van der Waals surface area contributed by atoms with E-state index >= 15 is 0 Å². The van der Waals surface area contributed by atoms with Crippen molar-refractivity contribution in [2.45, 2.75) is 23.0 Å². The summed E-state index contributed by atoms with van der Waals surface area (Å²) in [5.41, 5.74) is -0.533. The van der Waals surface area contributed by atoms with Gasteiger partial charge >= 0.3 is 0 Å². The molecular formula is C19H18FNO3S. The predicted molar refractivity (Wildman–Crippen MR) is 91.1 cm³/mol. The van der Waals surface area contributed by atoms with Crippen LogP contribution in [0.15, 0.2) is 59.5 Å². The van der Waals surface area contributed by atoms with E-state index in [2.05, 4.69) is 6.07 Å². The van der Waals surface area contributed by atoms with Crippen LogP contribution < -0.4 is 0 Å². The first kappa shape index (κ1) is 17.6. The number of nitrogens with zero attached hydrogens (tertiary/aromatic N) is 1. The molecule has 1 saturated carbocycles. The molecule has 0 amide bonds. The smallest absolute Gasteiger partial charge is 0.183 e. The van der Waals surface area contributed by atoms with Crippen LogP contribution in [-0.2, 0) is 14.6 Å². The van der Waals surface area contributed by atoms with E-state index in [0.717, 1.165) is 0 Å². The molecule has 1 aliphatic rings. The van der Waals surface area contributed by atoms with Crippen molar-refractivity contribution in [3.63, 3.8) is 0 Å². The normalized spacial score (nSPS) is 25.3. The third-order valence-corrected chi connectivity index (χ3v) is 6.94. The standard InChI is InChI=1S/C19H18FNO3S/c1-2-24-13-19(12-21)17(14-8-10-15(20)11-9-14)18(19)25(22,23)16-6-4-3-5-7-16/h3-11,17-18H,2,13H2,1H3/t17-,18-,19+/m0/s1. The SMILES string of the molecule is CCOC[C@]1(C#N)[C@@H](c2ccc(F)cc2)[C@@H]1S(=O)(=O)c1ccccc1. The maximum atomic E-state index is 13.2. The largest absolute Gasteiger partial charge is 0.380 e. The molecule has 0 saturated heterocycles. The van der Waals surface area contributed by atoms with Crippen molar-refractivity contribution in [1.29, 1.82) is 5.26 Å². The van der Waals surface area contributed by atoms with Crippen molar-refractivity contribution in [3.8, 4) is 6.07 Å². The van der Waals surface area contributed by atoms with Gasteiger partial charge in [-0.25, -0.2) is 12.8 Å². The first-order valence-corrected chi connectivity index (χ1v) is 9.55. The van der Waals surface area contributed by atoms with Gasteiger partial charge in [-0.15, -0.1) is 0 Å². The first-order valence-electron chi connectivity index (χ1n) is 8.01. The van der Waals surface area contributed by atoms with Crippen LogP contribution in [0.3, 0.4) is 0 Å². The molecule has 1 fully saturated rings. The summed E-state index contributed by atoms with van der Waals surface area (Å²) in [4.78, 5) is 0.181. The number of hydrogen-bond donors (Lipinski definition) is 0. The fourth-order valence-electron chi connectivity index (χ4n) is 3.37. The fourth-order valence-corrected chi connectivity index (χ4v) is 5.70. The Morgan fingerprint density at radius 3 is 2.36 bits per heavy atom. The van der Waals surface area contributed by atoms with Gasteiger partial charge in [0, 0.05) is 12.5 Å². The Morgan fingerprint density at radius 2 is 1.80 bits per heavy atom. The van der Waals surface area contributed by atoms with Gasteiger partial charge in [-0.05, 0) is 36.8 Å². The Kier molecular flexibility index (Phi) is 4.63. The number of hydrogen-bond acceptors (Lipinski definition) is 4. The molecular weight excluding hydrogens is 341 g/mol. The number of nitriles is 1. The van der Waals surface area contributed by atoms with Crippen LogP contribution in [0.25, 0.3) is 0 Å². The third-order valence-electron chi connectivity index (χ3n) is 4.64. The van der Waals surface area contributed by atoms with Crippen molar-refractivity contribution < 1.29 is 17.5 Å². The van der Waals surface area contributed by atoms with Gasteiger partial charge in [-0.2, -0.15) is 5.26 Å². The average molecular weight is 359 g/mol. The lowest BCUT2D eigenvalue weighted by Gasteiger charge is -2.09. The maximum Gasteiger partial charge on any atom is 0.183 e. The first-order chi connectivity index (χ1) is 12.0. The number of benzene rings is 2. The minimum atomic E-state index is -3.72. The molecule has 3 rings (SSSR count). The van der Waals surface area contributed by atoms with E-state index < -0.39 is 32.2 Å². The van der Waals surface area contributed by atoms with Crippen LogP contribution in [-0.4, -0.2) is 26.9 Å². The van der Waals surface area contributed by atoms with Gasteiger partial charge in [-0.3, -0.25) is 0 Å². The molecule has 130 valence electrons. The summed E-state index contributed by atoms with van der Waals surface area (Å²) in [6.45, 7) is 2.21. The zero-order chi connectivity index (χ0) is 18.1. The van der Waals surface area contributed by atoms with Gasteiger partial charge < -0.3 is 4.74 Å². The molecule has 2 aromatic carbocycles. The van der Waals surface area contributed by atoms with Crippen LogP contribution in [0.1, 0.15) is 18.4 Å². The second kappa shape index (κ2) is 6.58. The highest BCUT2D eigenvalue weighted by atomic mass is 32.2. The Hall–Kier alpha value is -2.23. The molecule has 0 radical (unpaired) electrons. The number of rotatable bonds is 6. The van der Waals surface area contributed by atoms with Crippen LogP contribution in [0.2, 0.25) is 0 Å². The lowest BCUT2D eigenvalue weighted by atomic mass is 10.0. The second-order valence-corrected chi connectivity index (χ2v) is 8.17. The highest BCUT2D eigenvalue weighted by molar-refractivity contribution is 7.92. The topological polar surface area (TPSA) is 67.2 Å². The zero-order valence-corrected chi connectivity index (χ0v) is 14.5. The number of ether oxygens (including phenoxy) is 1. The van der Waals surface area contributed by atoms with Gasteiger partial charge in [0.1, 0.15) is 11.2 Å². The summed E-state index contributed by atoms with van der Waals surface area (Å²) in [5.74, 6) is -0.950. The molecule has 0 bridgehead atoms. The summed E-state index contributed by atoms with van der Waals surface area (Å²) in [7, 11) is -3.72. The van der Waals surface area contributed by atoms with E-state index in [1.54, 1.807) is 37.3 Å². The van der Waals surface area contributed by atoms with E-state index in [-0.39, 0.29) is 11.5 Å². The Labute approximate surface area is 146 Å². The molecule has 4 nitrogen and oxygen atoms in total. The van der Waals surface area contributed by atoms with E-state index in [9.17, 15) is 18.1 Å². The van der Waals surface area contributed by atoms with Crippen molar-refractivity contribution in [1.82, 2.24) is 0 Å². The molecule has 1 aliphatic carbocycles. The Bertz CT molecular complexity index is 891.